The number of aliphatic imine (C=N–C) groups is 1. The SMILES string of the molecule is CN1CCN(C2=CC=C(N)Cc3[nH]c(C4=NCCNc5ccc(-c6cncc(NC(=O)C7CC7)c6)c(F)c54)nc32)CC1. The molecule has 2 aliphatic carbocycles. The van der Waals surface area contributed by atoms with E-state index < -0.39 is 5.82 Å². The van der Waals surface area contributed by atoms with Crippen LogP contribution in [0.2, 0.25) is 0 Å². The molecule has 3 aromatic rings. The number of benzodiazepines with no additional fused rings is 1. The van der Waals surface area contributed by atoms with Crippen molar-refractivity contribution in [3.63, 3.8) is 0 Å². The molecular weight excluding hydrogens is 533 g/mol. The number of rotatable bonds is 5. The molecule has 10 nitrogen and oxygen atoms in total. The van der Waals surface area contributed by atoms with Gasteiger partial charge in [0.2, 0.25) is 5.91 Å². The number of aromatic amines is 1. The number of H-pyrrole nitrogens is 1. The van der Waals surface area contributed by atoms with Gasteiger partial charge in [-0.15, -0.1) is 0 Å². The van der Waals surface area contributed by atoms with Crippen LogP contribution in [0.1, 0.15) is 35.6 Å². The molecule has 4 aliphatic rings. The van der Waals surface area contributed by atoms with Crippen LogP contribution in [0.15, 0.2) is 53.4 Å². The number of carbonyl (C=O) groups is 1. The van der Waals surface area contributed by atoms with Gasteiger partial charge in [-0.2, -0.15) is 0 Å². The number of nitrogens with two attached hydrogens (primary N) is 1. The van der Waals surface area contributed by atoms with Crippen molar-refractivity contribution >= 4 is 28.7 Å². The number of aromatic nitrogens is 3. The highest BCUT2D eigenvalue weighted by Gasteiger charge is 2.31. The predicted molar refractivity (Wildman–Crippen MR) is 162 cm³/mol. The van der Waals surface area contributed by atoms with Crippen molar-refractivity contribution in [2.75, 3.05) is 56.9 Å². The van der Waals surface area contributed by atoms with Crippen LogP contribution in [-0.2, 0) is 11.2 Å². The molecule has 42 heavy (non-hydrogen) atoms. The molecule has 2 fully saturated rings. The van der Waals surface area contributed by atoms with Crippen LogP contribution in [0.4, 0.5) is 15.8 Å². The summed E-state index contributed by atoms with van der Waals surface area (Å²) in [6.45, 7) is 4.74. The molecule has 2 aromatic heterocycles. The first-order chi connectivity index (χ1) is 20.4. The van der Waals surface area contributed by atoms with E-state index in [1.807, 2.05) is 18.2 Å². The lowest BCUT2D eigenvalue weighted by Gasteiger charge is -2.35. The van der Waals surface area contributed by atoms with Gasteiger partial charge in [0.25, 0.3) is 0 Å². The van der Waals surface area contributed by atoms with Gasteiger partial charge in [-0.1, -0.05) is 0 Å². The lowest BCUT2D eigenvalue weighted by atomic mass is 9.98. The molecule has 0 bridgehead atoms. The van der Waals surface area contributed by atoms with E-state index in [-0.39, 0.29) is 11.8 Å². The third-order valence-electron chi connectivity index (χ3n) is 8.27. The molecule has 1 amide bonds. The van der Waals surface area contributed by atoms with Gasteiger partial charge >= 0.3 is 0 Å². The number of nitrogens with one attached hydrogen (secondary N) is 3. The highest BCUT2D eigenvalue weighted by Crippen LogP contribution is 2.35. The zero-order valence-electron chi connectivity index (χ0n) is 23.6. The van der Waals surface area contributed by atoms with Gasteiger partial charge < -0.3 is 31.2 Å². The highest BCUT2D eigenvalue weighted by atomic mass is 19.1. The van der Waals surface area contributed by atoms with Crippen molar-refractivity contribution in [1.29, 1.82) is 0 Å². The minimum absolute atomic E-state index is 0.0203. The van der Waals surface area contributed by atoms with Gasteiger partial charge in [0.1, 0.15) is 17.2 Å². The van der Waals surface area contributed by atoms with Crippen LogP contribution in [-0.4, -0.2) is 82.7 Å². The van der Waals surface area contributed by atoms with Crippen molar-refractivity contribution in [2.45, 2.75) is 19.3 Å². The molecule has 0 unspecified atom stereocenters. The fourth-order valence-electron chi connectivity index (χ4n) is 5.75. The number of hydrogen-bond donors (Lipinski definition) is 4. The van der Waals surface area contributed by atoms with Crippen molar-refractivity contribution in [3.8, 4) is 11.1 Å². The summed E-state index contributed by atoms with van der Waals surface area (Å²) in [7, 11) is 2.13. The Balaban J connectivity index is 1.27. The summed E-state index contributed by atoms with van der Waals surface area (Å²) < 4.78 is 16.6. The Hall–Kier alpha value is -4.51. The lowest BCUT2D eigenvalue weighted by Crippen LogP contribution is -2.43. The van der Waals surface area contributed by atoms with Crippen LogP contribution in [0.3, 0.4) is 0 Å². The van der Waals surface area contributed by atoms with Crippen LogP contribution in [0.25, 0.3) is 16.8 Å². The fraction of sp³-hybridized carbons (Fsp3) is 0.355. The summed E-state index contributed by atoms with van der Waals surface area (Å²) in [5, 5.41) is 6.23. The minimum Gasteiger partial charge on any atom is -0.402 e. The maximum Gasteiger partial charge on any atom is 0.227 e. The van der Waals surface area contributed by atoms with Crippen molar-refractivity contribution in [3.05, 3.63) is 77.0 Å². The van der Waals surface area contributed by atoms with Crippen molar-refractivity contribution < 1.29 is 9.18 Å². The van der Waals surface area contributed by atoms with Crippen molar-refractivity contribution in [2.24, 2.45) is 16.6 Å². The highest BCUT2D eigenvalue weighted by molar-refractivity contribution is 6.15. The molecule has 5 N–H and O–H groups in total. The third kappa shape index (κ3) is 5.04. The number of amides is 1. The van der Waals surface area contributed by atoms with Gasteiger partial charge in [0.15, 0.2) is 5.82 Å². The molecule has 4 heterocycles. The fourth-order valence-corrected chi connectivity index (χ4v) is 5.75. The second-order valence-electron chi connectivity index (χ2n) is 11.4. The number of halogens is 1. The van der Waals surface area contributed by atoms with Crippen LogP contribution < -0.4 is 16.4 Å². The van der Waals surface area contributed by atoms with E-state index in [1.165, 1.54) is 0 Å². The second kappa shape index (κ2) is 10.7. The average molecular weight is 568 g/mol. The largest absolute Gasteiger partial charge is 0.402 e. The van der Waals surface area contributed by atoms with E-state index in [9.17, 15) is 4.79 Å². The van der Waals surface area contributed by atoms with Gasteiger partial charge in [-0.25, -0.2) is 9.37 Å². The second-order valence-corrected chi connectivity index (χ2v) is 11.4. The number of likely N-dealkylation sites (N-methyl/N-ethyl adjacent to an activating group) is 1. The average Bonchev–Trinajstić information content (AvgIpc) is 3.81. The molecule has 0 spiro atoms. The van der Waals surface area contributed by atoms with Crippen LogP contribution in [0, 0.1) is 11.7 Å². The smallest absolute Gasteiger partial charge is 0.227 e. The third-order valence-corrected chi connectivity index (χ3v) is 8.27. The van der Waals surface area contributed by atoms with Gasteiger partial charge in [0, 0.05) is 73.8 Å². The maximum atomic E-state index is 16.6. The molecule has 1 saturated heterocycles. The van der Waals surface area contributed by atoms with E-state index in [2.05, 4.69) is 37.4 Å². The van der Waals surface area contributed by atoms with Crippen LogP contribution in [0.5, 0.6) is 0 Å². The lowest BCUT2D eigenvalue weighted by molar-refractivity contribution is -0.117. The summed E-state index contributed by atoms with van der Waals surface area (Å²) in [4.78, 5) is 34.6. The first-order valence-electron chi connectivity index (χ1n) is 14.5. The van der Waals surface area contributed by atoms with E-state index in [4.69, 9.17) is 15.7 Å². The normalized spacial score (nSPS) is 18.9. The molecule has 7 rings (SSSR count). The Kier molecular flexibility index (Phi) is 6.73. The monoisotopic (exact) mass is 567 g/mol. The number of piperazine rings is 1. The number of pyridine rings is 1. The predicted octanol–water partition coefficient (Wildman–Crippen LogP) is 3.21. The Morgan fingerprint density at radius 3 is 2.79 bits per heavy atom. The Bertz CT molecular complexity index is 1640. The molecule has 0 atom stereocenters. The van der Waals surface area contributed by atoms with Crippen molar-refractivity contribution in [1.82, 2.24) is 24.8 Å². The molecule has 1 aromatic carbocycles. The first kappa shape index (κ1) is 26.4. The summed E-state index contributed by atoms with van der Waals surface area (Å²) >= 11 is 0. The zero-order chi connectivity index (χ0) is 28.8. The number of fused-ring (bicyclic) bond motifs is 2. The summed E-state index contributed by atoms with van der Waals surface area (Å²) in [5.41, 5.74) is 12.8. The van der Waals surface area contributed by atoms with E-state index in [0.717, 1.165) is 61.8 Å². The van der Waals surface area contributed by atoms with E-state index >= 15 is 4.39 Å². The van der Waals surface area contributed by atoms with E-state index in [0.29, 0.717) is 59.1 Å². The van der Waals surface area contributed by atoms with Crippen LogP contribution >= 0.6 is 0 Å². The number of anilines is 2. The molecular formula is C31H34FN9O. The van der Waals surface area contributed by atoms with Gasteiger partial charge in [-0.05, 0) is 50.2 Å². The first-order valence-corrected chi connectivity index (χ1v) is 14.5. The number of benzene rings is 1. The quantitative estimate of drug-likeness (QED) is 0.373. The number of carbonyl (C=O) groups excluding carboxylic acids is 1. The summed E-state index contributed by atoms with van der Waals surface area (Å²) in [5.74, 6) is 0.130. The zero-order valence-corrected chi connectivity index (χ0v) is 23.6. The molecule has 0 radical (unpaired) electrons. The Morgan fingerprint density at radius 1 is 1.14 bits per heavy atom. The topological polar surface area (TPSA) is 128 Å². The Morgan fingerprint density at radius 2 is 1.98 bits per heavy atom. The Labute approximate surface area is 243 Å². The number of nitrogens with zero attached hydrogens (tertiary/aromatic N) is 5. The standard InChI is InChI=1S/C31H34FN9O/c1-40-10-12-41(13-11-40)25-7-4-20(33)15-24-28(25)39-30(38-24)29-26-23(35-8-9-36-29)6-5-22(27(26)32)19-14-21(17-34-16-19)37-31(42)18-2-3-18/h4-7,14,16-18,35H,2-3,8-13,15,33H2,1H3,(H,37,42)(H,38,39). The number of hydrogen-bond acceptors (Lipinski definition) is 8. The maximum absolute atomic E-state index is 16.6. The van der Waals surface area contributed by atoms with Gasteiger partial charge in [-0.3, -0.25) is 14.8 Å². The summed E-state index contributed by atoms with van der Waals surface area (Å²) in [6, 6.07) is 5.37. The summed E-state index contributed by atoms with van der Waals surface area (Å²) in [6.07, 6.45) is 9.51. The minimum atomic E-state index is -0.422. The number of allylic oxidation sites excluding steroid dienone is 3. The van der Waals surface area contributed by atoms with Gasteiger partial charge in [0.05, 0.1) is 35.4 Å². The molecule has 2 aliphatic heterocycles. The molecule has 216 valence electrons. The molecule has 11 heteroatoms. The molecule has 1 saturated carbocycles. The number of imidazole rings is 1. The van der Waals surface area contributed by atoms with E-state index in [1.54, 1.807) is 24.5 Å².